The van der Waals surface area contributed by atoms with Gasteiger partial charge < -0.3 is 19.7 Å². The van der Waals surface area contributed by atoms with Crippen LogP contribution in [0.25, 0.3) is 0 Å². The number of carbonyl (C=O) groups is 2. The van der Waals surface area contributed by atoms with Gasteiger partial charge in [-0.1, -0.05) is 79.2 Å². The molecule has 0 aromatic heterocycles. The minimum absolute atomic E-state index is 0.00515. The fourth-order valence-electron chi connectivity index (χ4n) is 5.02. The molecule has 248 valence electrons. The highest BCUT2D eigenvalue weighted by molar-refractivity contribution is 7.92. The summed E-state index contributed by atoms with van der Waals surface area (Å²) in [6, 6.07) is 27.9. The molecule has 4 aromatic carbocycles. The highest BCUT2D eigenvalue weighted by atomic mass is 35.5. The van der Waals surface area contributed by atoms with Crippen molar-refractivity contribution in [3.05, 3.63) is 119 Å². The first-order chi connectivity index (χ1) is 22.6. The van der Waals surface area contributed by atoms with Crippen molar-refractivity contribution in [2.24, 2.45) is 0 Å². The van der Waals surface area contributed by atoms with Crippen LogP contribution in [0, 0.1) is 0 Å². The van der Waals surface area contributed by atoms with Gasteiger partial charge in [0.2, 0.25) is 11.8 Å². The molecule has 2 amide bonds. The van der Waals surface area contributed by atoms with Crippen molar-refractivity contribution in [3.63, 3.8) is 0 Å². The number of hydrogen-bond donors (Lipinski definition) is 1. The highest BCUT2D eigenvalue weighted by Crippen LogP contribution is 2.32. The van der Waals surface area contributed by atoms with Gasteiger partial charge in [0.25, 0.3) is 10.0 Å². The molecule has 0 saturated heterocycles. The van der Waals surface area contributed by atoms with Crippen molar-refractivity contribution < 1.29 is 27.5 Å². The third-order valence-corrected chi connectivity index (χ3v) is 9.88. The van der Waals surface area contributed by atoms with E-state index in [4.69, 9.17) is 21.1 Å². The van der Waals surface area contributed by atoms with Gasteiger partial charge in [0.05, 0.1) is 29.8 Å². The normalized spacial score (nSPS) is 12.4. The van der Waals surface area contributed by atoms with Crippen LogP contribution in [0.15, 0.2) is 108 Å². The van der Waals surface area contributed by atoms with Crippen LogP contribution >= 0.6 is 11.6 Å². The molecule has 9 nitrogen and oxygen atoms in total. The number of nitrogens with one attached hydrogen (secondary N) is 1. The van der Waals surface area contributed by atoms with Crippen LogP contribution in [-0.2, 0) is 32.6 Å². The number of amides is 2. The summed E-state index contributed by atoms with van der Waals surface area (Å²) in [5.41, 5.74) is 1.71. The van der Waals surface area contributed by atoms with Crippen LogP contribution in [0.5, 0.6) is 11.5 Å². The van der Waals surface area contributed by atoms with E-state index in [9.17, 15) is 18.0 Å². The van der Waals surface area contributed by atoms with E-state index >= 15 is 0 Å². The number of rotatable bonds is 15. The predicted molar refractivity (Wildman–Crippen MR) is 184 cm³/mol. The van der Waals surface area contributed by atoms with Gasteiger partial charge in [-0.15, -0.1) is 0 Å². The number of carbonyl (C=O) groups excluding carboxylic acids is 2. The molecule has 0 unspecified atom stereocenters. The van der Waals surface area contributed by atoms with Crippen molar-refractivity contribution in [2.75, 3.05) is 25.1 Å². The zero-order valence-corrected chi connectivity index (χ0v) is 28.5. The number of nitrogens with zero attached hydrogens (tertiary/aromatic N) is 2. The Labute approximate surface area is 282 Å². The molecule has 0 bridgehead atoms. The molecular formula is C36H40ClN3O6S. The van der Waals surface area contributed by atoms with E-state index < -0.39 is 28.5 Å². The lowest BCUT2D eigenvalue weighted by Crippen LogP contribution is -2.54. The van der Waals surface area contributed by atoms with Crippen molar-refractivity contribution in [1.82, 2.24) is 10.2 Å². The Balaban J connectivity index is 1.83. The first kappa shape index (κ1) is 35.3. The maximum absolute atomic E-state index is 14.6. The molecule has 1 N–H and O–H groups in total. The van der Waals surface area contributed by atoms with Gasteiger partial charge in [0, 0.05) is 19.0 Å². The molecule has 0 radical (unpaired) electrons. The SMILES string of the molecule is CC[C@@H](C)NC(=O)[C@@H](Cc1ccccc1)N(Cc1cccc(OC)c1)C(=O)CN(c1ccc(OC)c(Cl)c1)S(=O)(=O)c1ccccc1. The van der Waals surface area contributed by atoms with Crippen LogP contribution in [0.1, 0.15) is 31.4 Å². The number of benzene rings is 4. The van der Waals surface area contributed by atoms with Gasteiger partial charge in [-0.2, -0.15) is 0 Å². The zero-order chi connectivity index (χ0) is 34.0. The van der Waals surface area contributed by atoms with Crippen LogP contribution in [0.3, 0.4) is 0 Å². The Morgan fingerprint density at radius 2 is 1.51 bits per heavy atom. The smallest absolute Gasteiger partial charge is 0.264 e. The van der Waals surface area contributed by atoms with Gasteiger partial charge in [-0.25, -0.2) is 8.42 Å². The summed E-state index contributed by atoms with van der Waals surface area (Å²) in [5, 5.41) is 3.21. The van der Waals surface area contributed by atoms with Crippen molar-refractivity contribution >= 4 is 39.1 Å². The van der Waals surface area contributed by atoms with Crippen molar-refractivity contribution in [1.29, 1.82) is 0 Å². The summed E-state index contributed by atoms with van der Waals surface area (Å²) >= 11 is 6.44. The van der Waals surface area contributed by atoms with Crippen LogP contribution in [0.2, 0.25) is 5.02 Å². The molecule has 0 saturated carbocycles. The number of anilines is 1. The first-order valence-corrected chi connectivity index (χ1v) is 17.1. The minimum Gasteiger partial charge on any atom is -0.497 e. The summed E-state index contributed by atoms with van der Waals surface area (Å²) in [4.78, 5) is 30.0. The van der Waals surface area contributed by atoms with Gasteiger partial charge in [-0.05, 0) is 66.9 Å². The monoisotopic (exact) mass is 677 g/mol. The summed E-state index contributed by atoms with van der Waals surface area (Å²) in [6.07, 6.45) is 0.896. The Morgan fingerprint density at radius 1 is 0.851 bits per heavy atom. The van der Waals surface area contributed by atoms with E-state index in [0.717, 1.165) is 9.87 Å². The van der Waals surface area contributed by atoms with Crippen molar-refractivity contribution in [3.8, 4) is 11.5 Å². The fraction of sp³-hybridized carbons (Fsp3) is 0.278. The molecular weight excluding hydrogens is 638 g/mol. The molecule has 0 fully saturated rings. The lowest BCUT2D eigenvalue weighted by atomic mass is 10.0. The Hall–Kier alpha value is -4.54. The first-order valence-electron chi connectivity index (χ1n) is 15.2. The molecule has 0 aliphatic rings. The van der Waals surface area contributed by atoms with E-state index in [2.05, 4.69) is 5.32 Å². The van der Waals surface area contributed by atoms with Crippen LogP contribution < -0.4 is 19.1 Å². The number of halogens is 1. The highest BCUT2D eigenvalue weighted by Gasteiger charge is 2.35. The largest absolute Gasteiger partial charge is 0.497 e. The molecule has 0 heterocycles. The van der Waals surface area contributed by atoms with Crippen LogP contribution in [0.4, 0.5) is 5.69 Å². The second kappa shape index (κ2) is 16.3. The Bertz CT molecular complexity index is 1760. The molecule has 0 spiro atoms. The lowest BCUT2D eigenvalue weighted by molar-refractivity contribution is -0.140. The predicted octanol–water partition coefficient (Wildman–Crippen LogP) is 6.11. The third kappa shape index (κ3) is 9.05. The summed E-state index contributed by atoms with van der Waals surface area (Å²) < 4.78 is 40.0. The molecule has 47 heavy (non-hydrogen) atoms. The molecule has 0 aliphatic carbocycles. The van der Waals surface area contributed by atoms with Crippen LogP contribution in [-0.4, -0.2) is 58.0 Å². The Morgan fingerprint density at radius 3 is 2.13 bits per heavy atom. The summed E-state index contributed by atoms with van der Waals surface area (Å²) in [6.45, 7) is 3.27. The van der Waals surface area contributed by atoms with E-state index in [-0.39, 0.29) is 40.5 Å². The van der Waals surface area contributed by atoms with Gasteiger partial charge >= 0.3 is 0 Å². The third-order valence-electron chi connectivity index (χ3n) is 7.79. The molecule has 2 atom stereocenters. The average molecular weight is 678 g/mol. The molecule has 4 rings (SSSR count). The number of sulfonamides is 1. The van der Waals surface area contributed by atoms with E-state index in [1.54, 1.807) is 49.6 Å². The zero-order valence-electron chi connectivity index (χ0n) is 26.9. The van der Waals surface area contributed by atoms with E-state index in [1.165, 1.54) is 36.3 Å². The number of methoxy groups -OCH3 is 2. The minimum atomic E-state index is -4.26. The van der Waals surface area contributed by atoms with Crippen molar-refractivity contribution in [2.45, 2.75) is 50.2 Å². The molecule has 11 heteroatoms. The second-order valence-electron chi connectivity index (χ2n) is 11.0. The molecule has 0 aliphatic heterocycles. The maximum Gasteiger partial charge on any atom is 0.264 e. The molecule has 4 aromatic rings. The Kier molecular flexibility index (Phi) is 12.3. The quantitative estimate of drug-likeness (QED) is 0.163. The number of ether oxygens (including phenoxy) is 2. The van der Waals surface area contributed by atoms with Gasteiger partial charge in [-0.3, -0.25) is 13.9 Å². The number of hydrogen-bond acceptors (Lipinski definition) is 6. The second-order valence-corrected chi connectivity index (χ2v) is 13.3. The van der Waals surface area contributed by atoms with E-state index in [0.29, 0.717) is 23.5 Å². The lowest BCUT2D eigenvalue weighted by Gasteiger charge is -2.34. The van der Waals surface area contributed by atoms with Gasteiger partial charge in [0.1, 0.15) is 24.1 Å². The fourth-order valence-corrected chi connectivity index (χ4v) is 6.70. The summed E-state index contributed by atoms with van der Waals surface area (Å²) in [5.74, 6) is 0.00622. The maximum atomic E-state index is 14.6. The average Bonchev–Trinajstić information content (AvgIpc) is 3.09. The topological polar surface area (TPSA) is 105 Å². The standard InChI is InChI=1S/C36H40ClN3O6S/c1-5-26(2)38-36(42)33(22-27-13-8-6-9-14-27)39(24-28-15-12-16-30(21-28)45-3)35(41)25-40(29-19-20-34(46-4)32(37)23-29)47(43,44)31-17-10-7-11-18-31/h6-21,23,26,33H,5,22,24-25H2,1-4H3,(H,38,42)/t26-,33-/m1/s1. The van der Waals surface area contributed by atoms with E-state index in [1.807, 2.05) is 50.2 Å². The summed E-state index contributed by atoms with van der Waals surface area (Å²) in [7, 11) is -1.26. The van der Waals surface area contributed by atoms with Gasteiger partial charge in [0.15, 0.2) is 0 Å².